The molecule has 1 fully saturated rings. The molecular formula is C14H21FN2O. The van der Waals surface area contributed by atoms with Crippen LogP contribution in [0.25, 0.3) is 0 Å². The zero-order chi connectivity index (χ0) is 13.0. The van der Waals surface area contributed by atoms with Crippen molar-refractivity contribution in [3.8, 4) is 0 Å². The zero-order valence-electron chi connectivity index (χ0n) is 11.1. The molecule has 0 saturated carbocycles. The number of anilines is 1. The lowest BCUT2D eigenvalue weighted by Crippen LogP contribution is -2.32. The first-order valence-electron chi connectivity index (χ1n) is 6.51. The topological polar surface area (TPSA) is 24.5 Å². The highest BCUT2D eigenvalue weighted by atomic mass is 19.1. The van der Waals surface area contributed by atoms with E-state index in [0.717, 1.165) is 37.4 Å². The molecule has 2 rings (SSSR count). The summed E-state index contributed by atoms with van der Waals surface area (Å²) in [6.45, 7) is 5.17. The summed E-state index contributed by atoms with van der Waals surface area (Å²) in [5, 5.41) is 3.22. The summed E-state index contributed by atoms with van der Waals surface area (Å²) in [5.41, 5.74) is 1.91. The van der Waals surface area contributed by atoms with Crippen LogP contribution in [0.3, 0.4) is 0 Å². The molecule has 1 aromatic carbocycles. The Morgan fingerprint density at radius 3 is 2.94 bits per heavy atom. The molecule has 0 aliphatic carbocycles. The molecule has 0 spiro atoms. The monoisotopic (exact) mass is 252 g/mol. The van der Waals surface area contributed by atoms with Gasteiger partial charge in [-0.25, -0.2) is 4.39 Å². The zero-order valence-corrected chi connectivity index (χ0v) is 11.1. The standard InChI is InChI=1S/C14H21FN2O/c1-3-16-9-11-6-12(15)8-14(7-11)17(2)13-4-5-18-10-13/h6-8,13,16H,3-5,9-10H2,1-2H3. The van der Waals surface area contributed by atoms with Crippen LogP contribution in [0.2, 0.25) is 0 Å². The van der Waals surface area contributed by atoms with Crippen LogP contribution >= 0.6 is 0 Å². The van der Waals surface area contributed by atoms with E-state index in [2.05, 4.69) is 10.2 Å². The van der Waals surface area contributed by atoms with Crippen LogP contribution in [0.15, 0.2) is 18.2 Å². The predicted octanol–water partition coefficient (Wildman–Crippen LogP) is 2.16. The van der Waals surface area contributed by atoms with Gasteiger partial charge >= 0.3 is 0 Å². The second-order valence-electron chi connectivity index (χ2n) is 4.73. The number of rotatable bonds is 5. The van der Waals surface area contributed by atoms with Gasteiger partial charge in [0.1, 0.15) is 5.82 Å². The van der Waals surface area contributed by atoms with Crippen LogP contribution in [0.5, 0.6) is 0 Å². The smallest absolute Gasteiger partial charge is 0.125 e. The highest BCUT2D eigenvalue weighted by Crippen LogP contribution is 2.22. The van der Waals surface area contributed by atoms with E-state index in [4.69, 9.17) is 4.74 Å². The van der Waals surface area contributed by atoms with Crippen molar-refractivity contribution in [1.82, 2.24) is 5.32 Å². The Balaban J connectivity index is 2.13. The van der Waals surface area contributed by atoms with Gasteiger partial charge in [0.25, 0.3) is 0 Å². The quantitative estimate of drug-likeness (QED) is 0.869. The van der Waals surface area contributed by atoms with Gasteiger partial charge in [0.15, 0.2) is 0 Å². The molecule has 1 saturated heterocycles. The van der Waals surface area contributed by atoms with Crippen LogP contribution in [0, 0.1) is 5.82 Å². The van der Waals surface area contributed by atoms with E-state index in [1.807, 2.05) is 20.0 Å². The van der Waals surface area contributed by atoms with Crippen molar-refractivity contribution in [3.05, 3.63) is 29.6 Å². The fraction of sp³-hybridized carbons (Fsp3) is 0.571. The van der Waals surface area contributed by atoms with E-state index < -0.39 is 0 Å². The average Bonchev–Trinajstić information content (AvgIpc) is 2.88. The Labute approximate surface area is 108 Å². The lowest BCUT2D eigenvalue weighted by Gasteiger charge is -2.26. The second-order valence-corrected chi connectivity index (χ2v) is 4.73. The van der Waals surface area contributed by atoms with E-state index in [-0.39, 0.29) is 5.82 Å². The third-order valence-corrected chi connectivity index (χ3v) is 3.38. The number of nitrogens with one attached hydrogen (secondary N) is 1. The van der Waals surface area contributed by atoms with Crippen LogP contribution in [-0.4, -0.2) is 32.8 Å². The molecule has 1 heterocycles. The SMILES string of the molecule is CCNCc1cc(F)cc(N(C)C2CCOC2)c1. The molecule has 1 N–H and O–H groups in total. The van der Waals surface area contributed by atoms with E-state index in [0.29, 0.717) is 12.6 Å². The van der Waals surface area contributed by atoms with E-state index in [1.54, 1.807) is 12.1 Å². The molecule has 1 unspecified atom stereocenters. The maximum Gasteiger partial charge on any atom is 0.125 e. The number of hydrogen-bond donors (Lipinski definition) is 1. The molecule has 1 aliphatic heterocycles. The Bertz CT molecular complexity index is 391. The molecule has 0 aromatic heterocycles. The van der Waals surface area contributed by atoms with Gasteiger partial charge in [-0.05, 0) is 36.7 Å². The van der Waals surface area contributed by atoms with Crippen molar-refractivity contribution in [2.24, 2.45) is 0 Å². The van der Waals surface area contributed by atoms with Crippen molar-refractivity contribution in [3.63, 3.8) is 0 Å². The molecule has 0 bridgehead atoms. The molecule has 0 amide bonds. The summed E-state index contributed by atoms with van der Waals surface area (Å²) in [4.78, 5) is 2.12. The van der Waals surface area contributed by atoms with Crippen LogP contribution in [0.4, 0.5) is 10.1 Å². The molecule has 1 atom stereocenters. The third kappa shape index (κ3) is 3.21. The van der Waals surface area contributed by atoms with Gasteiger partial charge in [0, 0.05) is 25.9 Å². The molecule has 4 heteroatoms. The summed E-state index contributed by atoms with van der Waals surface area (Å²) >= 11 is 0. The number of likely N-dealkylation sites (N-methyl/N-ethyl adjacent to an activating group) is 1. The summed E-state index contributed by atoms with van der Waals surface area (Å²) in [6, 6.07) is 5.59. The molecule has 1 aliphatic rings. The number of benzene rings is 1. The van der Waals surface area contributed by atoms with Crippen molar-refractivity contribution in [2.45, 2.75) is 25.9 Å². The van der Waals surface area contributed by atoms with Gasteiger partial charge in [-0.1, -0.05) is 6.92 Å². The molecule has 3 nitrogen and oxygen atoms in total. The second kappa shape index (κ2) is 6.16. The van der Waals surface area contributed by atoms with Gasteiger partial charge in [-0.15, -0.1) is 0 Å². The summed E-state index contributed by atoms with van der Waals surface area (Å²) < 4.78 is 19.0. The fourth-order valence-electron chi connectivity index (χ4n) is 2.25. The van der Waals surface area contributed by atoms with Gasteiger partial charge in [0.2, 0.25) is 0 Å². The number of nitrogens with zero attached hydrogens (tertiary/aromatic N) is 1. The minimum absolute atomic E-state index is 0.175. The Morgan fingerprint density at radius 1 is 1.44 bits per heavy atom. The first kappa shape index (κ1) is 13.3. The summed E-state index contributed by atoms with van der Waals surface area (Å²) in [7, 11) is 2.01. The number of halogens is 1. The summed E-state index contributed by atoms with van der Waals surface area (Å²) in [5.74, 6) is -0.175. The average molecular weight is 252 g/mol. The van der Waals surface area contributed by atoms with Crippen LogP contribution in [-0.2, 0) is 11.3 Å². The maximum atomic E-state index is 13.6. The first-order chi connectivity index (χ1) is 8.70. The number of ether oxygens (including phenoxy) is 1. The minimum Gasteiger partial charge on any atom is -0.379 e. The number of hydrogen-bond acceptors (Lipinski definition) is 3. The molecule has 0 radical (unpaired) electrons. The highest BCUT2D eigenvalue weighted by molar-refractivity contribution is 5.49. The predicted molar refractivity (Wildman–Crippen MR) is 71.4 cm³/mol. The van der Waals surface area contributed by atoms with Crippen molar-refractivity contribution in [2.75, 3.05) is 31.7 Å². The van der Waals surface area contributed by atoms with Gasteiger partial charge < -0.3 is 15.0 Å². The van der Waals surface area contributed by atoms with Crippen molar-refractivity contribution >= 4 is 5.69 Å². The van der Waals surface area contributed by atoms with E-state index >= 15 is 0 Å². The third-order valence-electron chi connectivity index (χ3n) is 3.38. The maximum absolute atomic E-state index is 13.6. The van der Waals surface area contributed by atoms with Gasteiger partial charge in [0.05, 0.1) is 12.6 Å². The first-order valence-corrected chi connectivity index (χ1v) is 6.51. The largest absolute Gasteiger partial charge is 0.379 e. The Hall–Kier alpha value is -1.13. The Kier molecular flexibility index (Phi) is 4.55. The van der Waals surface area contributed by atoms with Crippen LogP contribution < -0.4 is 10.2 Å². The summed E-state index contributed by atoms with van der Waals surface area (Å²) in [6.07, 6.45) is 1.01. The van der Waals surface area contributed by atoms with Crippen molar-refractivity contribution in [1.29, 1.82) is 0 Å². The molecule has 1 aromatic rings. The lowest BCUT2D eigenvalue weighted by atomic mass is 10.1. The normalized spacial score (nSPS) is 19.2. The van der Waals surface area contributed by atoms with Crippen LogP contribution in [0.1, 0.15) is 18.9 Å². The van der Waals surface area contributed by atoms with E-state index in [9.17, 15) is 4.39 Å². The van der Waals surface area contributed by atoms with E-state index in [1.165, 1.54) is 0 Å². The molecule has 100 valence electrons. The Morgan fingerprint density at radius 2 is 2.28 bits per heavy atom. The highest BCUT2D eigenvalue weighted by Gasteiger charge is 2.21. The lowest BCUT2D eigenvalue weighted by molar-refractivity contribution is 0.193. The van der Waals surface area contributed by atoms with Gasteiger partial charge in [-0.3, -0.25) is 0 Å². The minimum atomic E-state index is -0.175. The van der Waals surface area contributed by atoms with Crippen molar-refractivity contribution < 1.29 is 9.13 Å². The molecular weight excluding hydrogens is 231 g/mol. The molecule has 18 heavy (non-hydrogen) atoms. The van der Waals surface area contributed by atoms with Gasteiger partial charge in [-0.2, -0.15) is 0 Å². The fourth-order valence-corrected chi connectivity index (χ4v) is 2.25.